The van der Waals surface area contributed by atoms with Crippen LogP contribution in [-0.4, -0.2) is 24.7 Å². The molecule has 1 saturated carbocycles. The molecule has 0 aliphatic heterocycles. The van der Waals surface area contributed by atoms with Crippen molar-refractivity contribution in [3.05, 3.63) is 31.1 Å². The van der Waals surface area contributed by atoms with Gasteiger partial charge in [0.2, 0.25) is 0 Å². The molecule has 0 amide bonds. The summed E-state index contributed by atoms with van der Waals surface area (Å²) in [4.78, 5) is 11.5. The molecule has 3 aromatic rings. The van der Waals surface area contributed by atoms with Crippen molar-refractivity contribution < 1.29 is 0 Å². The summed E-state index contributed by atoms with van der Waals surface area (Å²) in [5.74, 6) is 0.564. The van der Waals surface area contributed by atoms with Gasteiger partial charge in [0, 0.05) is 35.1 Å². The van der Waals surface area contributed by atoms with Crippen LogP contribution in [0.4, 0.5) is 0 Å². The molecule has 1 fully saturated rings. The summed E-state index contributed by atoms with van der Waals surface area (Å²) in [6, 6.07) is 2.51. The van der Waals surface area contributed by atoms with Gasteiger partial charge in [-0.1, -0.05) is 12.8 Å². The zero-order valence-corrected chi connectivity index (χ0v) is 12.8. The number of nitrogens with one attached hydrogen (secondary N) is 1. The minimum absolute atomic E-state index is 0.178. The molecule has 0 bridgehead atoms. The first kappa shape index (κ1) is 13.9. The Morgan fingerprint density at radius 1 is 1.35 bits per heavy atom. The van der Waals surface area contributed by atoms with Gasteiger partial charge in [-0.15, -0.1) is 0 Å². The SMILES string of the molecule is N#CC[C@H](C1CCCC1)n1cc(-c2c[nH]c3ncncc23)cn1. The third-order valence-electron chi connectivity index (χ3n) is 4.85. The van der Waals surface area contributed by atoms with Crippen LogP contribution in [-0.2, 0) is 0 Å². The first-order chi connectivity index (χ1) is 11.4. The van der Waals surface area contributed by atoms with Crippen LogP contribution in [0.1, 0.15) is 38.1 Å². The molecule has 6 heteroatoms. The average Bonchev–Trinajstić information content (AvgIpc) is 3.31. The lowest BCUT2D eigenvalue weighted by atomic mass is 9.96. The maximum atomic E-state index is 9.18. The summed E-state index contributed by atoms with van der Waals surface area (Å²) >= 11 is 0. The molecule has 1 N–H and O–H groups in total. The van der Waals surface area contributed by atoms with E-state index in [1.165, 1.54) is 32.0 Å². The van der Waals surface area contributed by atoms with Gasteiger partial charge in [-0.25, -0.2) is 9.97 Å². The third-order valence-corrected chi connectivity index (χ3v) is 4.85. The molecule has 0 spiro atoms. The minimum Gasteiger partial charge on any atom is -0.345 e. The average molecular weight is 306 g/mol. The number of nitrogens with zero attached hydrogens (tertiary/aromatic N) is 5. The monoisotopic (exact) mass is 306 g/mol. The molecule has 0 aromatic carbocycles. The van der Waals surface area contributed by atoms with Gasteiger partial charge >= 0.3 is 0 Å². The van der Waals surface area contributed by atoms with E-state index < -0.39 is 0 Å². The van der Waals surface area contributed by atoms with Crippen LogP contribution in [0.25, 0.3) is 22.2 Å². The van der Waals surface area contributed by atoms with Crippen LogP contribution in [0.2, 0.25) is 0 Å². The molecule has 3 aromatic heterocycles. The lowest BCUT2D eigenvalue weighted by Crippen LogP contribution is -2.17. The number of aromatic nitrogens is 5. The van der Waals surface area contributed by atoms with Gasteiger partial charge in [0.1, 0.15) is 12.0 Å². The molecule has 0 saturated heterocycles. The zero-order chi connectivity index (χ0) is 15.6. The van der Waals surface area contributed by atoms with Crippen molar-refractivity contribution in [3.63, 3.8) is 0 Å². The van der Waals surface area contributed by atoms with Gasteiger partial charge in [-0.3, -0.25) is 4.68 Å². The number of H-pyrrole nitrogens is 1. The predicted octanol–water partition coefficient (Wildman–Crippen LogP) is 3.47. The van der Waals surface area contributed by atoms with Crippen molar-refractivity contribution in [1.29, 1.82) is 5.26 Å². The predicted molar refractivity (Wildman–Crippen MR) is 86.3 cm³/mol. The Balaban J connectivity index is 1.69. The Labute approximate surface area is 134 Å². The van der Waals surface area contributed by atoms with Gasteiger partial charge in [0.25, 0.3) is 0 Å². The lowest BCUT2D eigenvalue weighted by molar-refractivity contribution is 0.315. The first-order valence-corrected chi connectivity index (χ1v) is 8.05. The van der Waals surface area contributed by atoms with Crippen molar-refractivity contribution in [2.24, 2.45) is 5.92 Å². The minimum atomic E-state index is 0.178. The lowest BCUT2D eigenvalue weighted by Gasteiger charge is -2.21. The van der Waals surface area contributed by atoms with E-state index in [9.17, 15) is 5.26 Å². The fourth-order valence-corrected chi connectivity index (χ4v) is 3.67. The highest BCUT2D eigenvalue weighted by Gasteiger charge is 2.27. The third kappa shape index (κ3) is 2.48. The molecule has 0 unspecified atom stereocenters. The molecule has 116 valence electrons. The van der Waals surface area contributed by atoms with Crippen molar-refractivity contribution in [2.75, 3.05) is 0 Å². The van der Waals surface area contributed by atoms with Crippen LogP contribution < -0.4 is 0 Å². The number of aromatic amines is 1. The van der Waals surface area contributed by atoms with Crippen molar-refractivity contribution >= 4 is 11.0 Å². The number of hydrogen-bond acceptors (Lipinski definition) is 4. The van der Waals surface area contributed by atoms with Gasteiger partial charge in [0.05, 0.1) is 24.7 Å². The number of fused-ring (bicyclic) bond motifs is 1. The molecule has 0 radical (unpaired) electrons. The summed E-state index contributed by atoms with van der Waals surface area (Å²) in [7, 11) is 0. The number of rotatable bonds is 4. The maximum absolute atomic E-state index is 9.18. The fraction of sp³-hybridized carbons (Fsp3) is 0.412. The number of nitriles is 1. The Hall–Kier alpha value is -2.68. The summed E-state index contributed by atoms with van der Waals surface area (Å²) in [5.41, 5.74) is 2.91. The van der Waals surface area contributed by atoms with Crippen LogP contribution in [0.15, 0.2) is 31.1 Å². The van der Waals surface area contributed by atoms with Crippen molar-refractivity contribution in [1.82, 2.24) is 24.7 Å². The highest BCUT2D eigenvalue weighted by molar-refractivity contribution is 5.92. The van der Waals surface area contributed by atoms with Crippen LogP contribution in [0, 0.1) is 17.2 Å². The summed E-state index contributed by atoms with van der Waals surface area (Å²) in [5, 5.41) is 14.7. The number of hydrogen-bond donors (Lipinski definition) is 1. The van der Waals surface area contributed by atoms with E-state index in [0.29, 0.717) is 12.3 Å². The van der Waals surface area contributed by atoms with E-state index in [-0.39, 0.29) is 6.04 Å². The fourth-order valence-electron chi connectivity index (χ4n) is 3.67. The van der Waals surface area contributed by atoms with E-state index in [2.05, 4.69) is 32.3 Å². The van der Waals surface area contributed by atoms with Gasteiger partial charge in [0.15, 0.2) is 0 Å². The molecular weight excluding hydrogens is 288 g/mol. The molecule has 6 nitrogen and oxygen atoms in total. The van der Waals surface area contributed by atoms with E-state index in [1.54, 1.807) is 0 Å². The van der Waals surface area contributed by atoms with Gasteiger partial charge in [-0.2, -0.15) is 10.4 Å². The highest BCUT2D eigenvalue weighted by atomic mass is 15.3. The van der Waals surface area contributed by atoms with E-state index >= 15 is 0 Å². The standard InChI is InChI=1S/C17H18N6/c18-6-5-16(12-3-1-2-4-12)23-10-13(7-22-23)14-9-20-17-15(14)8-19-11-21-17/h7-12,16H,1-5H2,(H,19,20,21)/t16-/m1/s1. The van der Waals surface area contributed by atoms with E-state index in [0.717, 1.165) is 22.2 Å². The Bertz CT molecular complexity index is 849. The molecule has 3 heterocycles. The van der Waals surface area contributed by atoms with Crippen molar-refractivity contribution in [2.45, 2.75) is 38.1 Å². The molecule has 1 aliphatic carbocycles. The summed E-state index contributed by atoms with van der Waals surface area (Å²) in [6.45, 7) is 0. The topological polar surface area (TPSA) is 83.2 Å². The Kier molecular flexibility index (Phi) is 3.54. The van der Waals surface area contributed by atoms with Crippen LogP contribution in [0.5, 0.6) is 0 Å². The quantitative estimate of drug-likeness (QED) is 0.800. The van der Waals surface area contributed by atoms with Crippen LogP contribution in [0.3, 0.4) is 0 Å². The van der Waals surface area contributed by atoms with E-state index in [4.69, 9.17) is 0 Å². The molecule has 1 aliphatic rings. The summed E-state index contributed by atoms with van der Waals surface area (Å²) < 4.78 is 1.98. The second kappa shape index (κ2) is 5.84. The maximum Gasteiger partial charge on any atom is 0.141 e. The largest absolute Gasteiger partial charge is 0.345 e. The smallest absolute Gasteiger partial charge is 0.141 e. The molecular formula is C17H18N6. The van der Waals surface area contributed by atoms with Gasteiger partial charge in [-0.05, 0) is 18.8 Å². The Morgan fingerprint density at radius 3 is 3.04 bits per heavy atom. The van der Waals surface area contributed by atoms with Gasteiger partial charge < -0.3 is 4.98 Å². The van der Waals surface area contributed by atoms with E-state index in [1.807, 2.05) is 23.3 Å². The first-order valence-electron chi connectivity index (χ1n) is 8.05. The normalized spacial score (nSPS) is 16.7. The Morgan fingerprint density at radius 2 is 2.22 bits per heavy atom. The molecule has 4 rings (SSSR count). The zero-order valence-electron chi connectivity index (χ0n) is 12.8. The highest BCUT2D eigenvalue weighted by Crippen LogP contribution is 2.36. The second-order valence-corrected chi connectivity index (χ2v) is 6.17. The molecule has 23 heavy (non-hydrogen) atoms. The van der Waals surface area contributed by atoms with Crippen molar-refractivity contribution in [3.8, 4) is 17.2 Å². The second-order valence-electron chi connectivity index (χ2n) is 6.17. The summed E-state index contributed by atoms with van der Waals surface area (Å²) in [6.07, 6.45) is 14.7. The van der Waals surface area contributed by atoms with Crippen LogP contribution >= 0.6 is 0 Å². The molecule has 1 atom stereocenters.